The molecule has 0 radical (unpaired) electrons. The maximum Gasteiger partial charge on any atom is 0.219 e. The summed E-state index contributed by atoms with van der Waals surface area (Å²) in [7, 11) is -1.77. The Hall–Kier alpha value is -1.11. The molecular weight excluding hydrogens is 312 g/mol. The van der Waals surface area contributed by atoms with Crippen LogP contribution in [0.15, 0.2) is 30.3 Å². The van der Waals surface area contributed by atoms with Crippen LogP contribution < -0.4 is 9.62 Å². The number of nitrogens with one attached hydrogen (secondary N) is 1. The quantitative estimate of drug-likeness (QED) is 0.827. The highest BCUT2D eigenvalue weighted by Crippen LogP contribution is 2.39. The third-order valence-electron chi connectivity index (χ3n) is 5.22. The van der Waals surface area contributed by atoms with Crippen LogP contribution in [0.25, 0.3) is 0 Å². The number of methoxy groups -OCH3 is 1. The lowest BCUT2D eigenvalue weighted by molar-refractivity contribution is 0.126. The molecule has 1 aromatic carbocycles. The van der Waals surface area contributed by atoms with Gasteiger partial charge < -0.3 is 9.64 Å². The van der Waals surface area contributed by atoms with E-state index in [0.717, 1.165) is 25.8 Å². The second-order valence-electron chi connectivity index (χ2n) is 6.65. The lowest BCUT2D eigenvalue weighted by atomic mass is 9.85. The second kappa shape index (κ2) is 6.79. The molecule has 23 heavy (non-hydrogen) atoms. The maximum atomic E-state index is 12.7. The summed E-state index contributed by atoms with van der Waals surface area (Å²) in [5.74, 6) is 0. The fourth-order valence-electron chi connectivity index (χ4n) is 3.69. The van der Waals surface area contributed by atoms with Gasteiger partial charge >= 0.3 is 0 Å². The molecule has 1 aliphatic carbocycles. The van der Waals surface area contributed by atoms with Crippen LogP contribution in [0, 0.1) is 0 Å². The summed E-state index contributed by atoms with van der Waals surface area (Å²) in [6.07, 6.45) is 4.48. The van der Waals surface area contributed by atoms with Crippen LogP contribution in [0.2, 0.25) is 0 Å². The molecule has 3 rings (SSSR count). The molecule has 0 aromatic heterocycles. The van der Waals surface area contributed by atoms with Crippen LogP contribution in [-0.4, -0.2) is 46.0 Å². The van der Waals surface area contributed by atoms with Crippen molar-refractivity contribution in [1.82, 2.24) is 4.72 Å². The van der Waals surface area contributed by atoms with Crippen LogP contribution in [0.3, 0.4) is 0 Å². The molecule has 0 amide bonds. The highest BCUT2D eigenvalue weighted by atomic mass is 32.2. The predicted octanol–water partition coefficient (Wildman–Crippen LogP) is 2.14. The Bertz CT molecular complexity index is 614. The molecule has 1 N–H and O–H groups in total. The molecule has 1 aliphatic heterocycles. The summed E-state index contributed by atoms with van der Waals surface area (Å²) in [6, 6.07) is 10.5. The average Bonchev–Trinajstić information content (AvgIpc) is 2.98. The Morgan fingerprint density at radius 1 is 1.26 bits per heavy atom. The van der Waals surface area contributed by atoms with E-state index >= 15 is 0 Å². The molecular formula is C17H26N2O3S. The van der Waals surface area contributed by atoms with Gasteiger partial charge in [0.05, 0.1) is 6.61 Å². The van der Waals surface area contributed by atoms with Crippen LogP contribution in [0.4, 0.5) is 5.69 Å². The molecule has 5 nitrogen and oxygen atoms in total. The summed E-state index contributed by atoms with van der Waals surface area (Å²) in [4.78, 5) is 2.31. The van der Waals surface area contributed by atoms with Crippen molar-refractivity contribution in [2.24, 2.45) is 0 Å². The molecule has 2 fully saturated rings. The number of nitrogens with zero attached hydrogens (tertiary/aromatic N) is 1. The number of para-hydroxylation sites is 1. The van der Waals surface area contributed by atoms with E-state index in [4.69, 9.17) is 4.74 Å². The molecule has 1 heterocycles. The largest absolute Gasteiger partial charge is 0.383 e. The number of sulfonamides is 1. The van der Waals surface area contributed by atoms with E-state index in [1.54, 1.807) is 7.11 Å². The highest BCUT2D eigenvalue weighted by Gasteiger charge is 2.49. The van der Waals surface area contributed by atoms with Crippen LogP contribution >= 0.6 is 0 Å². The number of hydrogen-bond acceptors (Lipinski definition) is 4. The van der Waals surface area contributed by atoms with Crippen molar-refractivity contribution in [2.75, 3.05) is 31.7 Å². The Morgan fingerprint density at radius 2 is 2.00 bits per heavy atom. The van der Waals surface area contributed by atoms with Crippen molar-refractivity contribution in [2.45, 2.75) is 42.9 Å². The van der Waals surface area contributed by atoms with Crippen molar-refractivity contribution < 1.29 is 13.2 Å². The lowest BCUT2D eigenvalue weighted by Gasteiger charge is -2.40. The zero-order valence-corrected chi connectivity index (χ0v) is 14.5. The first-order chi connectivity index (χ1) is 11.1. The molecule has 0 unspecified atom stereocenters. The number of ether oxygens (including phenoxy) is 1. The molecule has 128 valence electrons. The molecule has 2 aliphatic rings. The molecule has 1 saturated heterocycles. The third kappa shape index (κ3) is 3.25. The Kier molecular flexibility index (Phi) is 4.94. The molecule has 0 bridgehead atoms. The zero-order chi connectivity index (χ0) is 16.3. The van der Waals surface area contributed by atoms with Gasteiger partial charge in [-0.25, -0.2) is 13.1 Å². The normalized spacial score (nSPS) is 23.7. The Labute approximate surface area is 139 Å². The maximum absolute atomic E-state index is 12.7. The zero-order valence-electron chi connectivity index (χ0n) is 13.7. The van der Waals surface area contributed by atoms with Crippen molar-refractivity contribution in [3.8, 4) is 0 Å². The molecule has 0 spiro atoms. The monoisotopic (exact) mass is 338 g/mol. The minimum Gasteiger partial charge on any atom is -0.383 e. The van der Waals surface area contributed by atoms with Crippen molar-refractivity contribution >= 4 is 15.7 Å². The summed E-state index contributed by atoms with van der Waals surface area (Å²) < 4.78 is 32.8. The van der Waals surface area contributed by atoms with E-state index in [2.05, 4.69) is 21.8 Å². The van der Waals surface area contributed by atoms with Gasteiger partial charge in [0.2, 0.25) is 10.0 Å². The standard InChI is InChI=1S/C17H26N2O3S/c1-22-14-17(10-6-11-17)23(20,21)18-13-16-9-5-12-19(16)15-7-3-2-4-8-15/h2-4,7-8,16,18H,5-6,9-14H2,1H3/t16-/m1/s1. The fourth-order valence-corrected chi connectivity index (χ4v) is 5.51. The van der Waals surface area contributed by atoms with Crippen molar-refractivity contribution in [1.29, 1.82) is 0 Å². The van der Waals surface area contributed by atoms with Gasteiger partial charge in [-0.05, 0) is 37.8 Å². The van der Waals surface area contributed by atoms with E-state index in [9.17, 15) is 8.42 Å². The minimum atomic E-state index is -3.34. The average molecular weight is 338 g/mol. The van der Waals surface area contributed by atoms with Gasteiger partial charge in [-0.3, -0.25) is 0 Å². The first-order valence-electron chi connectivity index (χ1n) is 8.38. The summed E-state index contributed by atoms with van der Waals surface area (Å²) >= 11 is 0. The molecule has 1 atom stereocenters. The van der Waals surface area contributed by atoms with Gasteiger partial charge in [0.1, 0.15) is 4.75 Å². The van der Waals surface area contributed by atoms with Gasteiger partial charge in [-0.1, -0.05) is 24.6 Å². The number of rotatable bonds is 7. The Balaban J connectivity index is 1.65. The smallest absolute Gasteiger partial charge is 0.219 e. The van der Waals surface area contributed by atoms with Gasteiger partial charge in [0.15, 0.2) is 0 Å². The predicted molar refractivity (Wildman–Crippen MR) is 92.2 cm³/mol. The first-order valence-corrected chi connectivity index (χ1v) is 9.86. The van der Waals surface area contributed by atoms with Gasteiger partial charge in [-0.2, -0.15) is 0 Å². The minimum absolute atomic E-state index is 0.229. The number of hydrogen-bond donors (Lipinski definition) is 1. The summed E-state index contributed by atoms with van der Waals surface area (Å²) in [5.41, 5.74) is 1.17. The van der Waals surface area contributed by atoms with Crippen molar-refractivity contribution in [3.05, 3.63) is 30.3 Å². The lowest BCUT2D eigenvalue weighted by Crippen LogP contribution is -2.55. The van der Waals surface area contributed by atoms with E-state index in [-0.39, 0.29) is 12.6 Å². The summed E-state index contributed by atoms with van der Waals surface area (Å²) in [6.45, 7) is 1.75. The van der Waals surface area contributed by atoms with Crippen LogP contribution in [-0.2, 0) is 14.8 Å². The van der Waals surface area contributed by atoms with E-state index in [0.29, 0.717) is 19.4 Å². The van der Waals surface area contributed by atoms with Gasteiger partial charge in [0, 0.05) is 31.9 Å². The highest BCUT2D eigenvalue weighted by molar-refractivity contribution is 7.91. The van der Waals surface area contributed by atoms with E-state index in [1.807, 2.05) is 18.2 Å². The Morgan fingerprint density at radius 3 is 2.61 bits per heavy atom. The fraction of sp³-hybridized carbons (Fsp3) is 0.647. The van der Waals surface area contributed by atoms with E-state index < -0.39 is 14.8 Å². The van der Waals surface area contributed by atoms with Crippen molar-refractivity contribution in [3.63, 3.8) is 0 Å². The topological polar surface area (TPSA) is 58.6 Å². The SMILES string of the molecule is COCC1(S(=O)(=O)NC[C@H]2CCCN2c2ccccc2)CCC1. The first kappa shape index (κ1) is 16.7. The third-order valence-corrected chi connectivity index (χ3v) is 7.43. The van der Waals surface area contributed by atoms with Crippen LogP contribution in [0.5, 0.6) is 0 Å². The second-order valence-corrected chi connectivity index (χ2v) is 8.81. The van der Waals surface area contributed by atoms with Crippen LogP contribution in [0.1, 0.15) is 32.1 Å². The van der Waals surface area contributed by atoms with Gasteiger partial charge in [0.25, 0.3) is 0 Å². The van der Waals surface area contributed by atoms with Gasteiger partial charge in [-0.15, -0.1) is 0 Å². The molecule has 6 heteroatoms. The number of benzene rings is 1. The molecule has 1 aromatic rings. The number of anilines is 1. The molecule has 1 saturated carbocycles. The summed E-state index contributed by atoms with van der Waals surface area (Å²) in [5, 5.41) is 0. The van der Waals surface area contributed by atoms with E-state index in [1.165, 1.54) is 5.69 Å².